The van der Waals surface area contributed by atoms with Gasteiger partial charge >= 0.3 is 11.9 Å². The summed E-state index contributed by atoms with van der Waals surface area (Å²) >= 11 is 0. The summed E-state index contributed by atoms with van der Waals surface area (Å²) in [6.07, 6.45) is -1.06. The Morgan fingerprint density at radius 1 is 1.00 bits per heavy atom. The Bertz CT molecular complexity index is 541. The van der Waals surface area contributed by atoms with Gasteiger partial charge in [0.25, 0.3) is 0 Å². The number of esters is 1. The lowest BCUT2D eigenvalue weighted by Gasteiger charge is -2.18. The highest BCUT2D eigenvalue weighted by molar-refractivity contribution is 5.94. The van der Waals surface area contributed by atoms with E-state index in [1.807, 2.05) is 6.92 Å². The molecule has 24 heavy (non-hydrogen) atoms. The van der Waals surface area contributed by atoms with Gasteiger partial charge in [0, 0.05) is 0 Å². The maximum atomic E-state index is 11.9. The van der Waals surface area contributed by atoms with E-state index in [1.54, 1.807) is 13.8 Å². The van der Waals surface area contributed by atoms with E-state index >= 15 is 0 Å². The molecule has 0 heterocycles. The zero-order chi connectivity index (χ0) is 18.1. The van der Waals surface area contributed by atoms with Gasteiger partial charge in [0.15, 0.2) is 0 Å². The van der Waals surface area contributed by atoms with Crippen LogP contribution in [0.2, 0.25) is 0 Å². The number of carboxylic acid groups (broad SMARTS) is 1. The Kier molecular flexibility index (Phi) is 8.39. The van der Waals surface area contributed by atoms with Gasteiger partial charge in [-0.3, -0.25) is 0 Å². The number of aromatic carboxylic acids is 1. The predicted molar refractivity (Wildman–Crippen MR) is 86.2 cm³/mol. The van der Waals surface area contributed by atoms with E-state index < -0.39 is 18.0 Å². The van der Waals surface area contributed by atoms with E-state index in [0.29, 0.717) is 6.61 Å². The molecule has 1 aromatic carbocycles. The largest absolute Gasteiger partial charge is 0.478 e. The van der Waals surface area contributed by atoms with Crippen LogP contribution in [0.15, 0.2) is 24.3 Å². The fourth-order valence-corrected chi connectivity index (χ4v) is 1.76. The number of rotatable bonds is 10. The Labute approximate surface area is 141 Å². The number of carbonyl (C=O) groups excluding carboxylic acids is 1. The van der Waals surface area contributed by atoms with Gasteiger partial charge in [0.05, 0.1) is 42.7 Å². The normalized spacial score (nSPS) is 14.7. The van der Waals surface area contributed by atoms with Gasteiger partial charge in [-0.1, -0.05) is 6.07 Å². The summed E-state index contributed by atoms with van der Waals surface area (Å²) in [4.78, 5) is 22.8. The summed E-state index contributed by atoms with van der Waals surface area (Å²) in [6, 6.07) is 5.65. The van der Waals surface area contributed by atoms with E-state index in [2.05, 4.69) is 0 Å². The molecule has 3 unspecified atom stereocenters. The first-order valence-electron chi connectivity index (χ1n) is 7.71. The average Bonchev–Trinajstić information content (AvgIpc) is 2.55. The number of carbonyl (C=O) groups is 2. The fourth-order valence-electron chi connectivity index (χ4n) is 1.76. The summed E-state index contributed by atoms with van der Waals surface area (Å²) in [6.45, 7) is 5.78. The molecule has 0 saturated heterocycles. The van der Waals surface area contributed by atoms with E-state index in [1.165, 1.54) is 24.3 Å². The van der Waals surface area contributed by atoms with Crippen molar-refractivity contribution >= 4 is 11.9 Å². The molecule has 0 aliphatic rings. The maximum Gasteiger partial charge on any atom is 0.338 e. The molecular formula is C17H24O7. The van der Waals surface area contributed by atoms with Gasteiger partial charge in [0.2, 0.25) is 0 Å². The molecule has 0 aliphatic carbocycles. The number of aliphatic hydroxyl groups is 1. The molecule has 2 N–H and O–H groups in total. The maximum absolute atomic E-state index is 11.9. The first-order valence-corrected chi connectivity index (χ1v) is 7.71. The average molecular weight is 340 g/mol. The summed E-state index contributed by atoms with van der Waals surface area (Å²) in [5.41, 5.74) is 0.202. The lowest BCUT2D eigenvalue weighted by Crippen LogP contribution is -2.26. The van der Waals surface area contributed by atoms with Gasteiger partial charge in [-0.2, -0.15) is 0 Å². The van der Waals surface area contributed by atoms with Crippen LogP contribution in [0.1, 0.15) is 41.5 Å². The van der Waals surface area contributed by atoms with Crippen LogP contribution >= 0.6 is 0 Å². The Morgan fingerprint density at radius 2 is 1.58 bits per heavy atom. The Hall–Kier alpha value is -1.96. The molecule has 7 nitrogen and oxygen atoms in total. The van der Waals surface area contributed by atoms with Crippen molar-refractivity contribution in [2.45, 2.75) is 39.1 Å². The van der Waals surface area contributed by atoms with E-state index in [0.717, 1.165) is 0 Å². The van der Waals surface area contributed by atoms with Crippen LogP contribution in [0.3, 0.4) is 0 Å². The molecule has 7 heteroatoms. The number of carboxylic acids is 1. The van der Waals surface area contributed by atoms with Crippen molar-refractivity contribution in [1.29, 1.82) is 0 Å². The summed E-state index contributed by atoms with van der Waals surface area (Å²) in [7, 11) is 0. The van der Waals surface area contributed by atoms with Crippen molar-refractivity contribution in [3.05, 3.63) is 35.4 Å². The second-order valence-electron chi connectivity index (χ2n) is 5.62. The van der Waals surface area contributed by atoms with Crippen LogP contribution in [0.5, 0.6) is 0 Å². The van der Waals surface area contributed by atoms with Gasteiger partial charge < -0.3 is 24.4 Å². The second kappa shape index (κ2) is 10.0. The van der Waals surface area contributed by atoms with Crippen molar-refractivity contribution in [2.24, 2.45) is 0 Å². The van der Waals surface area contributed by atoms with E-state index in [9.17, 15) is 9.59 Å². The lowest BCUT2D eigenvalue weighted by atomic mass is 10.1. The monoisotopic (exact) mass is 340 g/mol. The van der Waals surface area contributed by atoms with Crippen molar-refractivity contribution in [3.63, 3.8) is 0 Å². The summed E-state index contributed by atoms with van der Waals surface area (Å²) in [5, 5.41) is 18.0. The third kappa shape index (κ3) is 7.54. The van der Waals surface area contributed by atoms with E-state index in [4.69, 9.17) is 24.4 Å². The number of hydrogen-bond donors (Lipinski definition) is 2. The topological polar surface area (TPSA) is 102 Å². The molecule has 1 aromatic rings. The summed E-state index contributed by atoms with van der Waals surface area (Å²) < 4.78 is 16.0. The Morgan fingerprint density at radius 3 is 2.21 bits per heavy atom. The SMILES string of the molecule is CC(O)COC(C)COC(C)COC(=O)c1cccc(C(=O)O)c1. The van der Waals surface area contributed by atoms with Gasteiger partial charge in [0.1, 0.15) is 6.61 Å². The van der Waals surface area contributed by atoms with Crippen molar-refractivity contribution in [2.75, 3.05) is 19.8 Å². The first kappa shape index (κ1) is 20.1. The Balaban J connectivity index is 2.36. The lowest BCUT2D eigenvalue weighted by molar-refractivity contribution is -0.0647. The second-order valence-corrected chi connectivity index (χ2v) is 5.62. The van der Waals surface area contributed by atoms with E-state index in [-0.39, 0.29) is 36.5 Å². The van der Waals surface area contributed by atoms with Crippen LogP contribution in [0.25, 0.3) is 0 Å². The number of benzene rings is 1. The van der Waals surface area contributed by atoms with Crippen LogP contribution in [-0.2, 0) is 14.2 Å². The molecule has 134 valence electrons. The number of aliphatic hydroxyl groups excluding tert-OH is 1. The minimum atomic E-state index is -1.10. The molecule has 3 atom stereocenters. The molecule has 0 spiro atoms. The minimum Gasteiger partial charge on any atom is -0.478 e. The van der Waals surface area contributed by atoms with Gasteiger partial charge in [-0.15, -0.1) is 0 Å². The molecular weight excluding hydrogens is 316 g/mol. The molecule has 0 amide bonds. The third-order valence-electron chi connectivity index (χ3n) is 3.03. The number of hydrogen-bond acceptors (Lipinski definition) is 6. The predicted octanol–water partition coefficient (Wildman–Crippen LogP) is 1.73. The van der Waals surface area contributed by atoms with Gasteiger partial charge in [-0.25, -0.2) is 9.59 Å². The number of ether oxygens (including phenoxy) is 3. The standard InChI is InChI=1S/C17H24O7/c1-11(18)8-22-12(2)9-23-13(3)10-24-17(21)15-6-4-5-14(7-15)16(19)20/h4-7,11-13,18H,8-10H2,1-3H3,(H,19,20). The highest BCUT2D eigenvalue weighted by Gasteiger charge is 2.14. The van der Waals surface area contributed by atoms with Crippen molar-refractivity contribution in [1.82, 2.24) is 0 Å². The molecule has 0 saturated carbocycles. The van der Waals surface area contributed by atoms with Crippen LogP contribution in [0, 0.1) is 0 Å². The van der Waals surface area contributed by atoms with Crippen LogP contribution < -0.4 is 0 Å². The molecule has 0 radical (unpaired) electrons. The molecule has 0 aromatic heterocycles. The third-order valence-corrected chi connectivity index (χ3v) is 3.03. The van der Waals surface area contributed by atoms with Crippen molar-refractivity contribution < 1.29 is 34.0 Å². The fraction of sp³-hybridized carbons (Fsp3) is 0.529. The van der Waals surface area contributed by atoms with Crippen LogP contribution in [-0.4, -0.2) is 60.3 Å². The zero-order valence-corrected chi connectivity index (χ0v) is 14.1. The smallest absolute Gasteiger partial charge is 0.338 e. The first-order chi connectivity index (χ1) is 11.3. The highest BCUT2D eigenvalue weighted by atomic mass is 16.6. The highest BCUT2D eigenvalue weighted by Crippen LogP contribution is 2.08. The summed E-state index contributed by atoms with van der Waals surface area (Å²) in [5.74, 6) is -1.71. The minimum absolute atomic E-state index is 0.0258. The molecule has 0 fully saturated rings. The van der Waals surface area contributed by atoms with Crippen molar-refractivity contribution in [3.8, 4) is 0 Å². The molecule has 1 rings (SSSR count). The molecule has 0 aliphatic heterocycles. The van der Waals surface area contributed by atoms with Gasteiger partial charge in [-0.05, 0) is 39.0 Å². The quantitative estimate of drug-likeness (QED) is 0.625. The van der Waals surface area contributed by atoms with Crippen LogP contribution in [0.4, 0.5) is 0 Å². The molecule has 0 bridgehead atoms. The zero-order valence-electron chi connectivity index (χ0n) is 14.1.